The van der Waals surface area contributed by atoms with Gasteiger partial charge in [0, 0.05) is 29.8 Å². The first kappa shape index (κ1) is 15.7. The van der Waals surface area contributed by atoms with Crippen molar-refractivity contribution in [1.29, 1.82) is 0 Å². The van der Waals surface area contributed by atoms with Crippen LogP contribution in [0.25, 0.3) is 5.70 Å². The van der Waals surface area contributed by atoms with Gasteiger partial charge in [-0.25, -0.2) is 0 Å². The molecule has 0 spiro atoms. The zero-order valence-electron chi connectivity index (χ0n) is 13.3. The maximum atomic E-state index is 10.8. The molecule has 0 bridgehead atoms. The monoisotopic (exact) mass is 319 g/mol. The van der Waals surface area contributed by atoms with Gasteiger partial charge in [-0.2, -0.15) is 0 Å². The van der Waals surface area contributed by atoms with E-state index in [1.165, 1.54) is 0 Å². The first-order chi connectivity index (χ1) is 11.8. The second-order valence-electron chi connectivity index (χ2n) is 5.19. The Morgan fingerprint density at radius 1 is 1.04 bits per heavy atom. The highest BCUT2D eigenvalue weighted by atomic mass is 16.5. The van der Waals surface area contributed by atoms with Crippen molar-refractivity contribution in [3.05, 3.63) is 83.3 Å². The molecule has 0 unspecified atom stereocenters. The molecule has 1 aliphatic rings. The Morgan fingerprint density at radius 2 is 1.79 bits per heavy atom. The number of carbonyl (C=O) groups is 1. The fourth-order valence-corrected chi connectivity index (χ4v) is 2.36. The lowest BCUT2D eigenvalue weighted by atomic mass is 10.1. The summed E-state index contributed by atoms with van der Waals surface area (Å²) in [6.45, 7) is 0. The minimum Gasteiger partial charge on any atom is -0.493 e. The van der Waals surface area contributed by atoms with E-state index in [9.17, 15) is 4.79 Å². The number of hydrogen-bond acceptors (Lipinski definition) is 4. The molecule has 1 heterocycles. The lowest BCUT2D eigenvalue weighted by molar-refractivity contribution is 0.112. The van der Waals surface area contributed by atoms with E-state index in [1.807, 2.05) is 48.5 Å². The number of ether oxygens (including phenoxy) is 2. The van der Waals surface area contributed by atoms with Crippen LogP contribution in [-0.4, -0.2) is 19.6 Å². The van der Waals surface area contributed by atoms with E-state index in [2.05, 4.69) is 4.99 Å². The number of methoxy groups -OCH3 is 1. The molecule has 24 heavy (non-hydrogen) atoms. The number of allylic oxidation sites excluding steroid dienone is 2. The summed E-state index contributed by atoms with van der Waals surface area (Å²) < 4.78 is 11.4. The van der Waals surface area contributed by atoms with Crippen LogP contribution < -0.4 is 4.74 Å². The molecule has 0 saturated heterocycles. The van der Waals surface area contributed by atoms with Crippen molar-refractivity contribution in [1.82, 2.24) is 0 Å². The summed E-state index contributed by atoms with van der Waals surface area (Å²) in [5.41, 5.74) is 2.30. The highest BCUT2D eigenvalue weighted by molar-refractivity contribution is 5.80. The molecule has 4 nitrogen and oxygen atoms in total. The summed E-state index contributed by atoms with van der Waals surface area (Å²) in [5.74, 6) is 2.08. The van der Waals surface area contributed by atoms with E-state index in [-0.39, 0.29) is 0 Å². The fourth-order valence-electron chi connectivity index (χ4n) is 2.36. The van der Waals surface area contributed by atoms with Gasteiger partial charge < -0.3 is 9.47 Å². The largest absolute Gasteiger partial charge is 0.493 e. The molecule has 3 rings (SSSR count). The van der Waals surface area contributed by atoms with E-state index in [0.29, 0.717) is 23.5 Å². The molecule has 0 saturated carbocycles. The molecule has 2 aromatic carbocycles. The molecule has 4 heteroatoms. The van der Waals surface area contributed by atoms with E-state index < -0.39 is 0 Å². The zero-order valence-corrected chi connectivity index (χ0v) is 13.3. The number of nitrogens with zero attached hydrogens (tertiary/aromatic N) is 1. The number of carbonyl (C=O) groups excluding carboxylic acids is 1. The average Bonchev–Trinajstić information content (AvgIpc) is 2.85. The second kappa shape index (κ2) is 7.42. The normalized spacial score (nSPS) is 14.0. The average molecular weight is 319 g/mol. The molecule has 0 amide bonds. The van der Waals surface area contributed by atoms with Crippen LogP contribution in [0.2, 0.25) is 0 Å². The number of aldehydes is 1. The van der Waals surface area contributed by atoms with Crippen LogP contribution >= 0.6 is 0 Å². The van der Waals surface area contributed by atoms with Crippen LogP contribution in [-0.2, 0) is 4.74 Å². The maximum Gasteiger partial charge on any atom is 0.159 e. The zero-order chi connectivity index (χ0) is 16.8. The van der Waals surface area contributed by atoms with Crippen molar-refractivity contribution in [3.8, 4) is 5.75 Å². The van der Waals surface area contributed by atoms with Crippen molar-refractivity contribution < 1.29 is 14.3 Å². The first-order valence-electron chi connectivity index (χ1n) is 7.60. The number of rotatable bonds is 5. The van der Waals surface area contributed by atoms with Crippen LogP contribution in [0.15, 0.2) is 77.2 Å². The van der Waals surface area contributed by atoms with Crippen molar-refractivity contribution in [2.24, 2.45) is 4.99 Å². The fraction of sp³-hybridized carbons (Fsp3) is 0.100. The number of aliphatic imine (C=N–C) groups is 1. The van der Waals surface area contributed by atoms with Gasteiger partial charge in [0.25, 0.3) is 0 Å². The summed E-state index contributed by atoms with van der Waals surface area (Å²) in [7, 11) is 1.61. The number of hydrogen-bond donors (Lipinski definition) is 0. The third-order valence-electron chi connectivity index (χ3n) is 3.60. The summed E-state index contributed by atoms with van der Waals surface area (Å²) >= 11 is 0. The molecule has 0 atom stereocenters. The Hall–Kier alpha value is -3.14. The van der Waals surface area contributed by atoms with Crippen LogP contribution in [0.3, 0.4) is 0 Å². The van der Waals surface area contributed by atoms with Gasteiger partial charge in [-0.3, -0.25) is 9.79 Å². The lowest BCUT2D eigenvalue weighted by Crippen LogP contribution is -2.01. The highest BCUT2D eigenvalue weighted by Crippen LogP contribution is 2.25. The second-order valence-corrected chi connectivity index (χ2v) is 5.19. The Balaban J connectivity index is 1.92. The molecule has 0 N–H and O–H groups in total. The molecule has 2 aromatic rings. The predicted molar refractivity (Wildman–Crippen MR) is 94.0 cm³/mol. The molecular weight excluding hydrogens is 302 g/mol. The number of benzene rings is 2. The Bertz CT molecular complexity index is 803. The van der Waals surface area contributed by atoms with Gasteiger partial charge in [-0.15, -0.1) is 0 Å². The van der Waals surface area contributed by atoms with Gasteiger partial charge in [-0.1, -0.05) is 42.5 Å². The van der Waals surface area contributed by atoms with Crippen molar-refractivity contribution in [2.75, 3.05) is 7.11 Å². The summed E-state index contributed by atoms with van der Waals surface area (Å²) in [5, 5.41) is 0. The van der Waals surface area contributed by atoms with E-state index >= 15 is 0 Å². The van der Waals surface area contributed by atoms with Crippen LogP contribution in [0.1, 0.15) is 22.3 Å². The highest BCUT2D eigenvalue weighted by Gasteiger charge is 2.13. The quantitative estimate of drug-likeness (QED) is 0.774. The van der Waals surface area contributed by atoms with Crippen molar-refractivity contribution in [3.63, 3.8) is 0 Å². The Labute approximate surface area is 140 Å². The molecular formula is C20H17NO3. The third-order valence-corrected chi connectivity index (χ3v) is 3.60. The molecule has 0 aliphatic carbocycles. The topological polar surface area (TPSA) is 47.9 Å². The van der Waals surface area contributed by atoms with Gasteiger partial charge in [0.2, 0.25) is 0 Å². The summed E-state index contributed by atoms with van der Waals surface area (Å²) in [6.07, 6.45) is 4.99. The smallest absolute Gasteiger partial charge is 0.159 e. The van der Waals surface area contributed by atoms with Crippen molar-refractivity contribution in [2.45, 2.75) is 6.42 Å². The van der Waals surface area contributed by atoms with Gasteiger partial charge >= 0.3 is 0 Å². The molecule has 1 aliphatic heterocycles. The van der Waals surface area contributed by atoms with Crippen LogP contribution in [0.5, 0.6) is 5.75 Å². The Kier molecular flexibility index (Phi) is 4.87. The first-order valence-corrected chi connectivity index (χ1v) is 7.60. The molecule has 0 aromatic heterocycles. The third kappa shape index (κ3) is 3.60. The Morgan fingerprint density at radius 3 is 2.46 bits per heavy atom. The minimum absolute atomic E-state index is 0.532. The SMILES string of the molecule is COC1=C(Oc2ccccc2)CC=NC(c2ccc(C=O)cc2)=C1. The van der Waals surface area contributed by atoms with E-state index in [1.54, 1.807) is 25.5 Å². The van der Waals surface area contributed by atoms with E-state index in [0.717, 1.165) is 23.3 Å². The lowest BCUT2D eigenvalue weighted by Gasteiger charge is -2.11. The predicted octanol–water partition coefficient (Wildman–Crippen LogP) is 4.25. The van der Waals surface area contributed by atoms with Gasteiger partial charge in [-0.05, 0) is 12.1 Å². The molecule has 0 fully saturated rings. The van der Waals surface area contributed by atoms with Crippen LogP contribution in [0.4, 0.5) is 0 Å². The van der Waals surface area contributed by atoms with Gasteiger partial charge in [0.15, 0.2) is 11.5 Å². The number of para-hydroxylation sites is 1. The standard InChI is InChI=1S/C20H17NO3/c1-23-20-13-18(16-9-7-15(14-22)8-10-16)21-12-11-19(20)24-17-5-3-2-4-6-17/h2-10,12-14H,11H2,1H3. The maximum absolute atomic E-state index is 10.8. The van der Waals surface area contributed by atoms with Gasteiger partial charge in [0.1, 0.15) is 12.0 Å². The summed E-state index contributed by atoms with van der Waals surface area (Å²) in [4.78, 5) is 15.3. The summed E-state index contributed by atoms with van der Waals surface area (Å²) in [6, 6.07) is 16.8. The minimum atomic E-state index is 0.532. The van der Waals surface area contributed by atoms with Crippen molar-refractivity contribution >= 4 is 18.2 Å². The van der Waals surface area contributed by atoms with Gasteiger partial charge in [0.05, 0.1) is 12.8 Å². The molecule has 0 radical (unpaired) electrons. The van der Waals surface area contributed by atoms with E-state index in [4.69, 9.17) is 9.47 Å². The molecule has 120 valence electrons. The van der Waals surface area contributed by atoms with Crippen LogP contribution in [0, 0.1) is 0 Å².